The van der Waals surface area contributed by atoms with Crippen molar-refractivity contribution in [1.82, 2.24) is 0 Å². The molecule has 1 aliphatic rings. The molecule has 0 saturated carbocycles. The lowest BCUT2D eigenvalue weighted by molar-refractivity contribution is 0.0965. The minimum Gasteiger partial charge on any atom is -0.504 e. The van der Waals surface area contributed by atoms with Gasteiger partial charge in [0.05, 0.1) is 5.56 Å². The number of allylic oxidation sites excluding steroid dienone is 2. The maximum atomic E-state index is 13.7. The summed E-state index contributed by atoms with van der Waals surface area (Å²) in [7, 11) is 0. The minimum absolute atomic E-state index is 0.0414. The third-order valence-corrected chi connectivity index (χ3v) is 3.86. The van der Waals surface area contributed by atoms with Crippen LogP contribution in [0, 0.1) is 5.82 Å². The summed E-state index contributed by atoms with van der Waals surface area (Å²) in [5.41, 5.74) is 1.49. The van der Waals surface area contributed by atoms with Crippen LogP contribution in [0.3, 0.4) is 0 Å². The van der Waals surface area contributed by atoms with Crippen LogP contribution in [0.1, 0.15) is 61.4 Å². The number of unbranched alkanes of at least 4 members (excludes halogenated alkanes) is 4. The number of hydrogen-bond acceptors (Lipinski definition) is 2. The molecule has 1 aromatic carbocycles. The molecular formula is C17H21FO2. The van der Waals surface area contributed by atoms with Gasteiger partial charge in [0.25, 0.3) is 0 Å². The van der Waals surface area contributed by atoms with E-state index in [0.29, 0.717) is 12.0 Å². The fourth-order valence-corrected chi connectivity index (χ4v) is 2.71. The van der Waals surface area contributed by atoms with Crippen molar-refractivity contribution in [2.75, 3.05) is 0 Å². The normalized spacial score (nSPS) is 14.6. The smallest absolute Gasteiger partial charge is 0.230 e. The van der Waals surface area contributed by atoms with Crippen LogP contribution in [0.4, 0.5) is 4.39 Å². The van der Waals surface area contributed by atoms with E-state index >= 15 is 0 Å². The highest BCUT2D eigenvalue weighted by atomic mass is 19.1. The van der Waals surface area contributed by atoms with Crippen LogP contribution in [-0.4, -0.2) is 10.9 Å². The zero-order valence-corrected chi connectivity index (χ0v) is 11.9. The molecule has 0 unspecified atom stereocenters. The second-order valence-corrected chi connectivity index (χ2v) is 5.40. The summed E-state index contributed by atoms with van der Waals surface area (Å²) in [6, 6.07) is 4.64. The molecule has 20 heavy (non-hydrogen) atoms. The van der Waals surface area contributed by atoms with E-state index in [-0.39, 0.29) is 11.3 Å². The molecule has 0 radical (unpaired) electrons. The molecule has 0 bridgehead atoms. The van der Waals surface area contributed by atoms with E-state index in [1.54, 1.807) is 12.1 Å². The van der Waals surface area contributed by atoms with Crippen molar-refractivity contribution < 1.29 is 14.3 Å². The van der Waals surface area contributed by atoms with Crippen LogP contribution in [-0.2, 0) is 6.42 Å². The van der Waals surface area contributed by atoms with Gasteiger partial charge in [-0.2, -0.15) is 0 Å². The Morgan fingerprint density at radius 3 is 2.70 bits per heavy atom. The monoisotopic (exact) mass is 276 g/mol. The largest absolute Gasteiger partial charge is 0.504 e. The van der Waals surface area contributed by atoms with Crippen molar-refractivity contribution in [1.29, 1.82) is 0 Å². The van der Waals surface area contributed by atoms with Gasteiger partial charge in [-0.3, -0.25) is 4.79 Å². The number of ketones is 1. The number of Topliss-reactive ketones (excluding diaryl/α,β-unsaturated/α-hetero) is 1. The van der Waals surface area contributed by atoms with Crippen LogP contribution in [0.15, 0.2) is 29.5 Å². The number of aliphatic hydroxyl groups excluding tert-OH is 1. The zero-order valence-electron chi connectivity index (χ0n) is 11.9. The summed E-state index contributed by atoms with van der Waals surface area (Å²) in [6.45, 7) is 2.17. The van der Waals surface area contributed by atoms with E-state index in [4.69, 9.17) is 0 Å². The summed E-state index contributed by atoms with van der Waals surface area (Å²) in [4.78, 5) is 12.0. The molecule has 2 nitrogen and oxygen atoms in total. The second-order valence-electron chi connectivity index (χ2n) is 5.40. The van der Waals surface area contributed by atoms with Crippen molar-refractivity contribution in [3.63, 3.8) is 0 Å². The van der Waals surface area contributed by atoms with Crippen LogP contribution in [0.25, 0.3) is 0 Å². The molecule has 0 aliphatic heterocycles. The van der Waals surface area contributed by atoms with Crippen LogP contribution < -0.4 is 0 Å². The standard InChI is InChI=1S/C17H21FO2/c1-2-3-4-5-6-8-13-11-12-9-7-10-14(18)15(12)17(20)16(13)19/h7,9-10,19H,2-6,8,11H2,1H3. The Bertz CT molecular complexity index is 532. The summed E-state index contributed by atoms with van der Waals surface area (Å²) >= 11 is 0. The number of fused-ring (bicyclic) bond motifs is 1. The molecule has 2 rings (SSSR count). The Hall–Kier alpha value is -1.64. The Morgan fingerprint density at radius 1 is 1.20 bits per heavy atom. The van der Waals surface area contributed by atoms with Gasteiger partial charge in [-0.1, -0.05) is 44.7 Å². The Labute approximate surface area is 119 Å². The van der Waals surface area contributed by atoms with Crippen molar-refractivity contribution in [3.8, 4) is 0 Å². The van der Waals surface area contributed by atoms with Gasteiger partial charge in [0.15, 0.2) is 5.76 Å². The van der Waals surface area contributed by atoms with E-state index in [1.165, 1.54) is 25.3 Å². The highest BCUT2D eigenvalue weighted by Crippen LogP contribution is 2.29. The molecule has 0 atom stereocenters. The molecule has 1 aromatic rings. The quantitative estimate of drug-likeness (QED) is 0.762. The summed E-state index contributed by atoms with van der Waals surface area (Å²) in [5.74, 6) is -1.34. The Morgan fingerprint density at radius 2 is 1.95 bits per heavy atom. The third kappa shape index (κ3) is 3.09. The predicted octanol–water partition coefficient (Wildman–Crippen LogP) is 4.74. The number of benzene rings is 1. The summed E-state index contributed by atoms with van der Waals surface area (Å²) in [6.07, 6.45) is 6.88. The minimum atomic E-state index is -0.562. The number of carbonyl (C=O) groups excluding carboxylic acids is 1. The van der Waals surface area contributed by atoms with E-state index in [2.05, 4.69) is 6.92 Å². The molecule has 0 spiro atoms. The molecular weight excluding hydrogens is 255 g/mol. The number of hydrogen-bond donors (Lipinski definition) is 1. The molecule has 0 amide bonds. The van der Waals surface area contributed by atoms with E-state index in [9.17, 15) is 14.3 Å². The fraction of sp³-hybridized carbons (Fsp3) is 0.471. The van der Waals surface area contributed by atoms with Crippen LogP contribution in [0.2, 0.25) is 0 Å². The number of halogens is 1. The number of carbonyl (C=O) groups is 1. The maximum Gasteiger partial charge on any atom is 0.230 e. The van der Waals surface area contributed by atoms with Gasteiger partial charge in [-0.15, -0.1) is 0 Å². The first-order valence-corrected chi connectivity index (χ1v) is 7.38. The van der Waals surface area contributed by atoms with Gasteiger partial charge in [0.2, 0.25) is 5.78 Å². The molecule has 0 aromatic heterocycles. The van der Waals surface area contributed by atoms with Crippen molar-refractivity contribution in [3.05, 3.63) is 46.5 Å². The van der Waals surface area contributed by atoms with E-state index in [0.717, 1.165) is 24.8 Å². The highest BCUT2D eigenvalue weighted by molar-refractivity contribution is 6.09. The van der Waals surface area contributed by atoms with Crippen LogP contribution >= 0.6 is 0 Å². The molecule has 0 saturated heterocycles. The van der Waals surface area contributed by atoms with Gasteiger partial charge in [0, 0.05) is 0 Å². The molecule has 108 valence electrons. The molecule has 0 fully saturated rings. The highest BCUT2D eigenvalue weighted by Gasteiger charge is 2.27. The van der Waals surface area contributed by atoms with Gasteiger partial charge in [0.1, 0.15) is 5.82 Å². The Kier molecular flexibility index (Phi) is 4.94. The summed E-state index contributed by atoms with van der Waals surface area (Å²) < 4.78 is 13.7. The lowest BCUT2D eigenvalue weighted by Crippen LogP contribution is -2.18. The summed E-state index contributed by atoms with van der Waals surface area (Å²) in [5, 5.41) is 9.97. The third-order valence-electron chi connectivity index (χ3n) is 3.86. The molecule has 0 heterocycles. The number of aliphatic hydroxyl groups is 1. The SMILES string of the molecule is CCCCCCCC1=C(O)C(=O)c2c(F)cccc2C1. The lowest BCUT2D eigenvalue weighted by atomic mass is 9.86. The van der Waals surface area contributed by atoms with Crippen molar-refractivity contribution in [2.24, 2.45) is 0 Å². The van der Waals surface area contributed by atoms with Crippen molar-refractivity contribution >= 4 is 5.78 Å². The van der Waals surface area contributed by atoms with Gasteiger partial charge in [-0.05, 0) is 36.5 Å². The van der Waals surface area contributed by atoms with Gasteiger partial charge in [-0.25, -0.2) is 4.39 Å². The van der Waals surface area contributed by atoms with E-state index < -0.39 is 11.6 Å². The average Bonchev–Trinajstić information content (AvgIpc) is 2.43. The van der Waals surface area contributed by atoms with E-state index in [1.807, 2.05) is 0 Å². The Balaban J connectivity index is 2.05. The first-order valence-electron chi connectivity index (χ1n) is 7.38. The van der Waals surface area contributed by atoms with Crippen molar-refractivity contribution in [2.45, 2.75) is 51.9 Å². The van der Waals surface area contributed by atoms with Gasteiger partial charge < -0.3 is 5.11 Å². The fourth-order valence-electron chi connectivity index (χ4n) is 2.71. The van der Waals surface area contributed by atoms with Gasteiger partial charge >= 0.3 is 0 Å². The maximum absolute atomic E-state index is 13.7. The average molecular weight is 276 g/mol. The second kappa shape index (κ2) is 6.69. The molecule has 1 N–H and O–H groups in total. The lowest BCUT2D eigenvalue weighted by Gasteiger charge is -2.19. The molecule has 3 heteroatoms. The molecule has 1 aliphatic carbocycles. The van der Waals surface area contributed by atoms with Crippen LogP contribution in [0.5, 0.6) is 0 Å². The number of rotatable bonds is 6. The first kappa shape index (κ1) is 14.8. The predicted molar refractivity (Wildman–Crippen MR) is 77.5 cm³/mol. The first-order chi connectivity index (χ1) is 9.65. The zero-order chi connectivity index (χ0) is 14.5. The topological polar surface area (TPSA) is 37.3 Å².